The van der Waals surface area contributed by atoms with Crippen LogP contribution in [-0.2, 0) is 43.1 Å². The smallest absolute Gasteiger partial charge is 0.298 e. The number of hydroxylamine groups is 2. The van der Waals surface area contributed by atoms with E-state index in [4.69, 9.17) is 0 Å². The SMILES string of the molecule is O=C1C2C(=O)N(OS(=O)(=O)C(F)(F)C(F)(F)C(F)(F)C(F)(F)F)C(=O)C2C2C[N+](=O)C(OS(=O)(=O)C(F)(F)C(F)(F)C(F)(F)C(F)(F)F)C12. The molecule has 0 aromatic carbocycles. The molecule has 0 radical (unpaired) electrons. The van der Waals surface area contributed by atoms with E-state index in [9.17, 15) is 115 Å². The van der Waals surface area contributed by atoms with E-state index < -0.39 is 131 Å². The zero-order valence-electron chi connectivity index (χ0n) is 21.7. The first-order valence-corrected chi connectivity index (χ1v) is 14.3. The van der Waals surface area contributed by atoms with Gasteiger partial charge in [-0.3, -0.25) is 14.4 Å². The summed E-state index contributed by atoms with van der Waals surface area (Å²) in [6.45, 7) is -1.72. The number of ketones is 1. The Morgan fingerprint density at radius 2 is 0.980 bits per heavy atom. The summed E-state index contributed by atoms with van der Waals surface area (Å²) in [5.41, 5.74) is 0. The molecule has 0 N–H and O–H groups in total. The number of fused-ring (bicyclic) bond motifs is 3. The second-order valence-corrected chi connectivity index (χ2v) is 13.1. The molecule has 1 saturated carbocycles. The van der Waals surface area contributed by atoms with Gasteiger partial charge in [0.1, 0.15) is 11.8 Å². The molecule has 2 saturated heterocycles. The average Bonchev–Trinajstić information content (AvgIpc) is 3.45. The van der Waals surface area contributed by atoms with Crippen molar-refractivity contribution in [2.45, 2.75) is 52.8 Å². The number of halogens is 18. The number of rotatable bonds is 10. The molecule has 0 spiro atoms. The number of imide groups is 1. The fourth-order valence-corrected chi connectivity index (χ4v) is 6.58. The summed E-state index contributed by atoms with van der Waals surface area (Å²) in [7, 11) is -16.0. The van der Waals surface area contributed by atoms with Gasteiger partial charge in [0.05, 0.1) is 11.8 Å². The van der Waals surface area contributed by atoms with Crippen LogP contribution in [0.5, 0.6) is 0 Å². The van der Waals surface area contributed by atoms with Crippen molar-refractivity contribution in [3.05, 3.63) is 4.91 Å². The predicted molar refractivity (Wildman–Crippen MR) is 105 cm³/mol. The molecule has 3 rings (SSSR count). The van der Waals surface area contributed by atoms with E-state index in [1.54, 1.807) is 0 Å². The lowest BCUT2D eigenvalue weighted by atomic mass is 9.90. The van der Waals surface area contributed by atoms with Crippen LogP contribution in [0.2, 0.25) is 0 Å². The molecule has 2 heterocycles. The predicted octanol–water partition coefficient (Wildman–Crippen LogP) is 2.98. The van der Waals surface area contributed by atoms with Crippen molar-refractivity contribution in [2.75, 3.05) is 6.54 Å². The lowest BCUT2D eigenvalue weighted by Crippen LogP contribution is -2.64. The Bertz CT molecular complexity index is 1690. The number of nitroso groups, excluding NO2 is 1. The highest BCUT2D eigenvalue weighted by atomic mass is 32.2. The molecule has 1 aliphatic carbocycles. The Labute approximate surface area is 255 Å². The van der Waals surface area contributed by atoms with E-state index in [0.29, 0.717) is 0 Å². The quantitative estimate of drug-likeness (QED) is 0.106. The molecule has 3 fully saturated rings. The Morgan fingerprint density at radius 3 is 1.37 bits per heavy atom. The Balaban J connectivity index is 1.95. The minimum Gasteiger partial charge on any atom is -0.298 e. The van der Waals surface area contributed by atoms with Gasteiger partial charge in [0.2, 0.25) is 0 Å². The van der Waals surface area contributed by atoms with Crippen molar-refractivity contribution in [1.82, 2.24) is 5.06 Å². The van der Waals surface area contributed by atoms with Crippen molar-refractivity contribution >= 4 is 37.8 Å². The summed E-state index contributed by atoms with van der Waals surface area (Å²) >= 11 is 0. The van der Waals surface area contributed by atoms with E-state index in [0.717, 1.165) is 0 Å². The maximum absolute atomic E-state index is 14.0. The van der Waals surface area contributed by atoms with E-state index >= 15 is 0 Å². The summed E-state index contributed by atoms with van der Waals surface area (Å²) in [5, 5.41) is -16.9. The first-order chi connectivity index (χ1) is 21.3. The molecule has 282 valence electrons. The van der Waals surface area contributed by atoms with Crippen LogP contribution in [0.15, 0.2) is 0 Å². The number of nitrogens with zero attached hydrogens (tertiary/aromatic N) is 2. The molecule has 3 aliphatic rings. The van der Waals surface area contributed by atoms with E-state index in [-0.39, 0.29) is 0 Å². The zero-order valence-corrected chi connectivity index (χ0v) is 23.3. The van der Waals surface area contributed by atoms with Gasteiger partial charge >= 0.3 is 73.0 Å². The van der Waals surface area contributed by atoms with Crippen molar-refractivity contribution < 1.29 is 123 Å². The van der Waals surface area contributed by atoms with Crippen LogP contribution in [0.4, 0.5) is 79.0 Å². The lowest BCUT2D eigenvalue weighted by Gasteiger charge is -2.33. The molecule has 12 nitrogen and oxygen atoms in total. The zero-order chi connectivity index (χ0) is 38.9. The molecular weight excluding hydrogens is 798 g/mol. The van der Waals surface area contributed by atoms with Gasteiger partial charge < -0.3 is 0 Å². The molecule has 2 aliphatic heterocycles. The van der Waals surface area contributed by atoms with Gasteiger partial charge in [0, 0.05) is 9.67 Å². The second-order valence-electron chi connectivity index (χ2n) is 9.96. The van der Waals surface area contributed by atoms with Crippen LogP contribution < -0.4 is 0 Å². The van der Waals surface area contributed by atoms with Crippen LogP contribution >= 0.6 is 0 Å². The molecule has 0 bridgehead atoms. The van der Waals surface area contributed by atoms with Crippen molar-refractivity contribution in [1.29, 1.82) is 0 Å². The fourth-order valence-electron chi connectivity index (χ4n) is 4.66. The number of carbonyl (C=O) groups is 3. The highest BCUT2D eigenvalue weighted by molar-refractivity contribution is 7.88. The Hall–Kier alpha value is -3.03. The maximum Gasteiger partial charge on any atom is 0.460 e. The number of hydrogen-bond donors (Lipinski definition) is 0. The van der Waals surface area contributed by atoms with Crippen molar-refractivity contribution in [3.8, 4) is 0 Å². The van der Waals surface area contributed by atoms with E-state index in [1.807, 2.05) is 0 Å². The van der Waals surface area contributed by atoms with Gasteiger partial charge in [-0.2, -0.15) is 100 Å². The van der Waals surface area contributed by atoms with Gasteiger partial charge in [-0.05, 0) is 0 Å². The molecule has 5 unspecified atom stereocenters. The normalized spacial score (nSPS) is 26.9. The average molecular weight is 805 g/mol. The summed E-state index contributed by atoms with van der Waals surface area (Å²) in [6.07, 6.45) is -18.7. The van der Waals surface area contributed by atoms with Gasteiger partial charge in [-0.25, -0.2) is 0 Å². The Morgan fingerprint density at radius 1 is 0.592 bits per heavy atom. The number of hydrogen-bond acceptors (Lipinski definition) is 10. The molecule has 49 heavy (non-hydrogen) atoms. The van der Waals surface area contributed by atoms with Crippen molar-refractivity contribution in [2.24, 2.45) is 23.7 Å². The standard InChI is InChI=1S/C17H7F18N2O10S2/c18-10(19,14(26,27)28)12(22,23)16(32,33)48(42,43)46-9-4-2(1-36(9)41)3-5(6(4)38)8(40)37(7(3)39)47-49(44,45)17(34,35)13(24,25)11(20,21)15(29,30)31/h2-5,9H,1H2/q+1. The largest absolute Gasteiger partial charge is 0.460 e. The Kier molecular flexibility index (Phi) is 8.86. The van der Waals surface area contributed by atoms with Gasteiger partial charge in [0.15, 0.2) is 12.3 Å². The van der Waals surface area contributed by atoms with E-state index in [2.05, 4.69) is 8.47 Å². The second kappa shape index (κ2) is 10.7. The molecule has 0 aromatic rings. The molecule has 0 aromatic heterocycles. The summed E-state index contributed by atoms with van der Waals surface area (Å²) in [5.74, 6) is -50.1. The highest BCUT2D eigenvalue weighted by Gasteiger charge is 2.88. The van der Waals surface area contributed by atoms with Crippen LogP contribution in [0.3, 0.4) is 0 Å². The van der Waals surface area contributed by atoms with E-state index in [1.165, 1.54) is 0 Å². The van der Waals surface area contributed by atoms with Gasteiger partial charge in [0.25, 0.3) is 11.8 Å². The fraction of sp³-hybridized carbons (Fsp3) is 0.824. The first kappa shape index (κ1) is 40.4. The van der Waals surface area contributed by atoms with Crippen LogP contribution in [-0.4, -0.2) is 104 Å². The molecule has 2 amide bonds. The third-order valence-corrected chi connectivity index (χ3v) is 9.67. The summed E-state index contributed by atoms with van der Waals surface area (Å²) < 4.78 is 289. The molecule has 32 heteroatoms. The van der Waals surface area contributed by atoms with Crippen LogP contribution in [0.1, 0.15) is 0 Å². The minimum absolute atomic E-state index is 1.07. The third kappa shape index (κ3) is 5.15. The van der Waals surface area contributed by atoms with Crippen LogP contribution in [0.25, 0.3) is 0 Å². The topological polar surface area (TPSA) is 161 Å². The molecular formula is C17H7F18N2O10S2+. The third-order valence-electron chi connectivity index (χ3n) is 7.11. The van der Waals surface area contributed by atoms with Gasteiger partial charge in [-0.1, -0.05) is 0 Å². The number of amides is 2. The summed E-state index contributed by atoms with van der Waals surface area (Å²) in [4.78, 5) is 50.0. The first-order valence-electron chi connectivity index (χ1n) is 11.4. The number of alkyl halides is 18. The molecule has 5 atom stereocenters. The lowest BCUT2D eigenvalue weighted by molar-refractivity contribution is -0.604. The number of Topliss-reactive ketones (excluding diaryl/α,β-unsaturated/α-hetero) is 1. The van der Waals surface area contributed by atoms with Crippen molar-refractivity contribution in [3.63, 3.8) is 0 Å². The van der Waals surface area contributed by atoms with Gasteiger partial charge in [-0.15, -0.1) is 9.35 Å². The maximum atomic E-state index is 14.0. The number of carbonyl (C=O) groups excluding carboxylic acids is 3. The summed E-state index contributed by atoms with van der Waals surface area (Å²) in [6, 6.07) is 0. The van der Waals surface area contributed by atoms with Crippen LogP contribution in [0, 0.1) is 28.6 Å². The minimum atomic E-state index is -8.04. The highest BCUT2D eigenvalue weighted by Crippen LogP contribution is 2.58. The monoisotopic (exact) mass is 805 g/mol.